The third-order valence-electron chi connectivity index (χ3n) is 4.79. The fourth-order valence-corrected chi connectivity index (χ4v) is 6.18. The molecule has 0 aliphatic carbocycles. The van der Waals surface area contributed by atoms with Gasteiger partial charge in [-0.25, -0.2) is 16.8 Å². The lowest BCUT2D eigenvalue weighted by molar-refractivity contribution is 0.331. The van der Waals surface area contributed by atoms with Crippen molar-refractivity contribution in [3.05, 3.63) is 47.5 Å². The summed E-state index contributed by atoms with van der Waals surface area (Å²) < 4.78 is 60.7. The first-order chi connectivity index (χ1) is 13.6. The van der Waals surface area contributed by atoms with E-state index in [0.29, 0.717) is 24.3 Å². The molecule has 1 aliphatic rings. The summed E-state index contributed by atoms with van der Waals surface area (Å²) in [6.07, 6.45) is 1.34. The predicted octanol–water partition coefficient (Wildman–Crippen LogP) is 3.43. The van der Waals surface area contributed by atoms with Gasteiger partial charge >= 0.3 is 0 Å². The highest BCUT2D eigenvalue weighted by Gasteiger charge is 2.29. The van der Waals surface area contributed by atoms with Gasteiger partial charge in [-0.2, -0.15) is 0 Å². The molecule has 0 atom stereocenters. The van der Waals surface area contributed by atoms with Crippen LogP contribution in [0.25, 0.3) is 0 Å². The molecule has 7 nitrogen and oxygen atoms in total. The van der Waals surface area contributed by atoms with Gasteiger partial charge in [0.2, 0.25) is 10.0 Å². The molecule has 0 aromatic heterocycles. The average molecular weight is 439 g/mol. The molecular weight excluding hydrogens is 412 g/mol. The van der Waals surface area contributed by atoms with E-state index in [9.17, 15) is 16.8 Å². The van der Waals surface area contributed by atoms with Crippen molar-refractivity contribution < 1.29 is 21.6 Å². The second-order valence-corrected chi connectivity index (χ2v) is 10.7. The molecule has 0 radical (unpaired) electrons. The fourth-order valence-electron chi connectivity index (χ4n) is 3.26. The van der Waals surface area contributed by atoms with E-state index in [-0.39, 0.29) is 23.0 Å². The number of hydrogen-bond acceptors (Lipinski definition) is 5. The van der Waals surface area contributed by atoms with Crippen molar-refractivity contribution in [2.75, 3.05) is 27.9 Å². The first kappa shape index (κ1) is 21.4. The molecule has 0 amide bonds. The molecule has 0 unspecified atom stereocenters. The number of hydrogen-bond donors (Lipinski definition) is 1. The maximum Gasteiger partial charge on any atom is 0.265 e. The van der Waals surface area contributed by atoms with Crippen molar-refractivity contribution in [1.29, 1.82) is 0 Å². The molecule has 29 heavy (non-hydrogen) atoms. The molecule has 9 heteroatoms. The molecule has 1 aliphatic heterocycles. The zero-order valence-corrected chi connectivity index (χ0v) is 18.4. The van der Waals surface area contributed by atoms with E-state index in [1.165, 1.54) is 16.4 Å². The zero-order chi connectivity index (χ0) is 21.2. The van der Waals surface area contributed by atoms with Crippen LogP contribution in [-0.2, 0) is 20.0 Å². The molecule has 1 heterocycles. The molecule has 1 fully saturated rings. The maximum absolute atomic E-state index is 13.2. The van der Waals surface area contributed by atoms with Crippen LogP contribution in [0.15, 0.2) is 41.3 Å². The van der Waals surface area contributed by atoms with Gasteiger partial charge in [0, 0.05) is 6.54 Å². The van der Waals surface area contributed by atoms with E-state index in [1.54, 1.807) is 19.1 Å². The van der Waals surface area contributed by atoms with Gasteiger partial charge in [0.15, 0.2) is 0 Å². The van der Waals surface area contributed by atoms with Crippen LogP contribution in [0.2, 0.25) is 0 Å². The monoisotopic (exact) mass is 438 g/mol. The second kappa shape index (κ2) is 8.23. The topological polar surface area (TPSA) is 92.8 Å². The largest absolute Gasteiger partial charge is 0.492 e. The van der Waals surface area contributed by atoms with Gasteiger partial charge in [-0.1, -0.05) is 12.1 Å². The number of benzene rings is 2. The highest BCUT2D eigenvalue weighted by Crippen LogP contribution is 2.33. The Labute approximate surface area is 172 Å². The molecular formula is C20H26N2O5S2. The van der Waals surface area contributed by atoms with Crippen molar-refractivity contribution in [3.8, 4) is 5.75 Å². The highest BCUT2D eigenvalue weighted by atomic mass is 32.2. The standard InChI is InChI=1S/C20H26N2O5S2/c1-4-27-19-10-9-17(22-11-5-6-12-28(22,23)24)14-20(19)29(25,26)21-18-13-15(2)7-8-16(18)3/h7-10,13-14,21H,4-6,11-12H2,1-3H3. The Kier molecular flexibility index (Phi) is 6.09. The van der Waals surface area contributed by atoms with Gasteiger partial charge in [-0.3, -0.25) is 9.03 Å². The van der Waals surface area contributed by atoms with Crippen LogP contribution in [0.1, 0.15) is 30.9 Å². The first-order valence-corrected chi connectivity index (χ1v) is 12.6. The molecule has 1 saturated heterocycles. The highest BCUT2D eigenvalue weighted by molar-refractivity contribution is 7.93. The number of ether oxygens (including phenoxy) is 1. The summed E-state index contributed by atoms with van der Waals surface area (Å²) in [4.78, 5) is -0.0847. The maximum atomic E-state index is 13.2. The van der Waals surface area contributed by atoms with Gasteiger partial charge in [0.05, 0.1) is 23.7 Å². The Hall–Kier alpha value is -2.26. The van der Waals surface area contributed by atoms with E-state index >= 15 is 0 Å². The van der Waals surface area contributed by atoms with Crippen molar-refractivity contribution >= 4 is 31.4 Å². The third kappa shape index (κ3) is 4.67. The van der Waals surface area contributed by atoms with Crippen LogP contribution in [-0.4, -0.2) is 35.7 Å². The zero-order valence-electron chi connectivity index (χ0n) is 16.8. The van der Waals surface area contributed by atoms with E-state index in [2.05, 4.69) is 4.72 Å². The Bertz CT molecular complexity index is 1110. The summed E-state index contributed by atoms with van der Waals surface area (Å²) in [5.41, 5.74) is 2.51. The minimum Gasteiger partial charge on any atom is -0.492 e. The lowest BCUT2D eigenvalue weighted by Crippen LogP contribution is -2.38. The molecule has 0 bridgehead atoms. The van der Waals surface area contributed by atoms with E-state index < -0.39 is 20.0 Å². The Morgan fingerprint density at radius 3 is 2.55 bits per heavy atom. The van der Waals surface area contributed by atoms with Gasteiger partial charge in [0.1, 0.15) is 10.6 Å². The lowest BCUT2D eigenvalue weighted by atomic mass is 10.1. The van der Waals surface area contributed by atoms with Crippen molar-refractivity contribution in [2.45, 2.75) is 38.5 Å². The number of rotatable bonds is 6. The van der Waals surface area contributed by atoms with E-state index in [1.807, 2.05) is 26.0 Å². The fraction of sp³-hybridized carbons (Fsp3) is 0.400. The SMILES string of the molecule is CCOc1ccc(N2CCCCS2(=O)=O)cc1S(=O)(=O)Nc1cc(C)ccc1C. The molecule has 2 aromatic rings. The smallest absolute Gasteiger partial charge is 0.265 e. The van der Waals surface area contributed by atoms with Gasteiger partial charge in [-0.05, 0) is 69.0 Å². The molecule has 3 rings (SSSR count). The minimum atomic E-state index is -4.00. The van der Waals surface area contributed by atoms with Gasteiger partial charge < -0.3 is 4.74 Å². The first-order valence-electron chi connectivity index (χ1n) is 9.51. The lowest BCUT2D eigenvalue weighted by Gasteiger charge is -2.29. The number of nitrogens with zero attached hydrogens (tertiary/aromatic N) is 1. The van der Waals surface area contributed by atoms with Crippen LogP contribution < -0.4 is 13.8 Å². The molecule has 2 aromatic carbocycles. The second-order valence-electron chi connectivity index (χ2n) is 7.08. The molecule has 0 spiro atoms. The number of anilines is 2. The van der Waals surface area contributed by atoms with Crippen molar-refractivity contribution in [1.82, 2.24) is 0 Å². The normalized spacial score (nSPS) is 16.4. The quantitative estimate of drug-likeness (QED) is 0.746. The molecule has 158 valence electrons. The van der Waals surface area contributed by atoms with Crippen molar-refractivity contribution in [3.63, 3.8) is 0 Å². The summed E-state index contributed by atoms with van der Waals surface area (Å²) >= 11 is 0. The summed E-state index contributed by atoms with van der Waals surface area (Å²) in [5, 5.41) is 0. The van der Waals surface area contributed by atoms with Crippen LogP contribution in [0.3, 0.4) is 0 Å². The van der Waals surface area contributed by atoms with Crippen LogP contribution >= 0.6 is 0 Å². The summed E-state index contributed by atoms with van der Waals surface area (Å²) in [6, 6.07) is 9.98. The Balaban J connectivity index is 2.06. The molecule has 1 N–H and O–H groups in total. The summed E-state index contributed by atoms with van der Waals surface area (Å²) in [7, 11) is -7.46. The summed E-state index contributed by atoms with van der Waals surface area (Å²) in [5.74, 6) is 0.242. The van der Waals surface area contributed by atoms with Gasteiger partial charge in [0.25, 0.3) is 10.0 Å². The molecule has 0 saturated carbocycles. The van der Waals surface area contributed by atoms with Crippen LogP contribution in [0.5, 0.6) is 5.75 Å². The van der Waals surface area contributed by atoms with Crippen LogP contribution in [0, 0.1) is 13.8 Å². The average Bonchev–Trinajstić information content (AvgIpc) is 2.65. The minimum absolute atomic E-state index is 0.0586. The summed E-state index contributed by atoms with van der Waals surface area (Å²) in [6.45, 7) is 6.08. The van der Waals surface area contributed by atoms with E-state index in [0.717, 1.165) is 17.5 Å². The van der Waals surface area contributed by atoms with Crippen LogP contribution in [0.4, 0.5) is 11.4 Å². The van der Waals surface area contributed by atoms with Crippen molar-refractivity contribution in [2.24, 2.45) is 0 Å². The number of nitrogens with one attached hydrogen (secondary N) is 1. The Morgan fingerprint density at radius 2 is 1.86 bits per heavy atom. The van der Waals surface area contributed by atoms with Gasteiger partial charge in [-0.15, -0.1) is 0 Å². The Morgan fingerprint density at radius 1 is 1.10 bits per heavy atom. The van der Waals surface area contributed by atoms with E-state index in [4.69, 9.17) is 4.74 Å². The predicted molar refractivity (Wildman–Crippen MR) is 115 cm³/mol. The third-order valence-corrected chi connectivity index (χ3v) is 8.05. The number of sulfonamides is 2. The number of aryl methyl sites for hydroxylation is 2.